The van der Waals surface area contributed by atoms with Gasteiger partial charge in [0.2, 0.25) is 17.7 Å². The van der Waals surface area contributed by atoms with E-state index >= 15 is 0 Å². The summed E-state index contributed by atoms with van der Waals surface area (Å²) in [6.45, 7) is 4.59. The molecule has 3 rings (SSSR count). The lowest BCUT2D eigenvalue weighted by molar-refractivity contribution is -0.141. The second kappa shape index (κ2) is 10.8. The number of benzene rings is 1. The second-order valence-corrected chi connectivity index (χ2v) is 8.52. The number of likely N-dealkylation sites (tertiary alicyclic amines) is 1. The number of halogens is 1. The Balaban J connectivity index is 1.68. The minimum atomic E-state index is -0.240. The standard InChI is InChI=1S/C21H28BrN3O5/c1-15(26)23-13-21(28)25-6-5-19(30-18-4-2-3-17(22)12-18)16(14-25)11-20(27)24-7-9-29-10-8-24/h2-4,12,16,19H,5-11,13-14H2,1H3,(H,23,26)/t16-,19-/m0/s1. The van der Waals surface area contributed by atoms with Crippen molar-refractivity contribution in [1.29, 1.82) is 0 Å². The quantitative estimate of drug-likeness (QED) is 0.663. The number of morpholine rings is 1. The van der Waals surface area contributed by atoms with Gasteiger partial charge in [-0.05, 0) is 18.2 Å². The molecular weight excluding hydrogens is 454 g/mol. The second-order valence-electron chi connectivity index (χ2n) is 7.61. The van der Waals surface area contributed by atoms with Crippen LogP contribution in [-0.4, -0.2) is 79.6 Å². The number of rotatable bonds is 6. The zero-order valence-corrected chi connectivity index (χ0v) is 18.7. The molecule has 0 spiro atoms. The highest BCUT2D eigenvalue weighted by atomic mass is 79.9. The first-order valence-corrected chi connectivity index (χ1v) is 11.0. The van der Waals surface area contributed by atoms with Gasteiger partial charge in [0, 0.05) is 56.3 Å². The highest BCUT2D eigenvalue weighted by Gasteiger charge is 2.35. The molecule has 2 heterocycles. The molecule has 3 amide bonds. The number of carbonyl (C=O) groups excluding carboxylic acids is 3. The fourth-order valence-corrected chi connectivity index (χ4v) is 4.16. The number of hydrogen-bond donors (Lipinski definition) is 1. The monoisotopic (exact) mass is 481 g/mol. The number of hydrogen-bond acceptors (Lipinski definition) is 5. The van der Waals surface area contributed by atoms with E-state index < -0.39 is 0 Å². The molecule has 0 aliphatic carbocycles. The zero-order valence-electron chi connectivity index (χ0n) is 17.1. The predicted molar refractivity (Wildman–Crippen MR) is 114 cm³/mol. The molecule has 0 aromatic heterocycles. The molecule has 0 radical (unpaired) electrons. The Morgan fingerprint density at radius 1 is 1.17 bits per heavy atom. The minimum absolute atomic E-state index is 0.0311. The molecule has 2 aliphatic rings. The van der Waals surface area contributed by atoms with Gasteiger partial charge in [-0.25, -0.2) is 0 Å². The van der Waals surface area contributed by atoms with Crippen molar-refractivity contribution in [3.05, 3.63) is 28.7 Å². The van der Waals surface area contributed by atoms with Gasteiger partial charge in [0.1, 0.15) is 11.9 Å². The smallest absolute Gasteiger partial charge is 0.241 e. The number of nitrogens with zero attached hydrogens (tertiary/aromatic N) is 2. The van der Waals surface area contributed by atoms with Gasteiger partial charge in [-0.1, -0.05) is 22.0 Å². The van der Waals surface area contributed by atoms with E-state index in [2.05, 4.69) is 21.2 Å². The largest absolute Gasteiger partial charge is 0.490 e. The fraction of sp³-hybridized carbons (Fsp3) is 0.571. The van der Waals surface area contributed by atoms with Crippen molar-refractivity contribution in [3.8, 4) is 5.75 Å². The van der Waals surface area contributed by atoms with E-state index in [0.717, 1.165) is 10.2 Å². The Hall–Kier alpha value is -2.13. The van der Waals surface area contributed by atoms with Crippen LogP contribution in [0.3, 0.4) is 0 Å². The Kier molecular flexibility index (Phi) is 8.09. The van der Waals surface area contributed by atoms with Gasteiger partial charge in [-0.3, -0.25) is 14.4 Å². The first-order chi connectivity index (χ1) is 14.4. The van der Waals surface area contributed by atoms with Gasteiger partial charge in [0.15, 0.2) is 0 Å². The minimum Gasteiger partial charge on any atom is -0.490 e. The third kappa shape index (κ3) is 6.43. The average Bonchev–Trinajstić information content (AvgIpc) is 2.74. The van der Waals surface area contributed by atoms with E-state index in [4.69, 9.17) is 9.47 Å². The number of amides is 3. The summed E-state index contributed by atoms with van der Waals surface area (Å²) < 4.78 is 12.5. The summed E-state index contributed by atoms with van der Waals surface area (Å²) in [5.74, 6) is 0.276. The van der Waals surface area contributed by atoms with Crippen LogP contribution in [0.1, 0.15) is 19.8 Å². The molecule has 8 nitrogen and oxygen atoms in total. The van der Waals surface area contributed by atoms with Crippen LogP contribution in [0, 0.1) is 5.92 Å². The van der Waals surface area contributed by atoms with Gasteiger partial charge in [-0.15, -0.1) is 0 Å². The van der Waals surface area contributed by atoms with Gasteiger partial charge >= 0.3 is 0 Å². The Bertz CT molecular complexity index is 769. The van der Waals surface area contributed by atoms with E-state index in [1.54, 1.807) is 4.90 Å². The molecule has 1 aromatic rings. The molecule has 164 valence electrons. The summed E-state index contributed by atoms with van der Waals surface area (Å²) in [5, 5.41) is 2.55. The molecular formula is C21H28BrN3O5. The molecule has 2 atom stereocenters. The molecule has 0 bridgehead atoms. The topological polar surface area (TPSA) is 88.2 Å². The summed E-state index contributed by atoms with van der Waals surface area (Å²) in [6, 6.07) is 7.62. The molecule has 2 fully saturated rings. The Morgan fingerprint density at radius 3 is 2.63 bits per heavy atom. The van der Waals surface area contributed by atoms with Crippen molar-refractivity contribution in [3.63, 3.8) is 0 Å². The summed E-state index contributed by atoms with van der Waals surface area (Å²) >= 11 is 3.45. The van der Waals surface area contributed by atoms with Crippen LogP contribution >= 0.6 is 15.9 Å². The van der Waals surface area contributed by atoms with E-state index in [1.165, 1.54) is 6.92 Å². The highest BCUT2D eigenvalue weighted by Crippen LogP contribution is 2.28. The molecule has 0 saturated carbocycles. The molecule has 1 N–H and O–H groups in total. The summed E-state index contributed by atoms with van der Waals surface area (Å²) in [6.07, 6.45) is 0.760. The molecule has 30 heavy (non-hydrogen) atoms. The molecule has 0 unspecified atom stereocenters. The molecule has 2 aliphatic heterocycles. The van der Waals surface area contributed by atoms with Crippen LogP contribution in [0.2, 0.25) is 0 Å². The van der Waals surface area contributed by atoms with Crippen LogP contribution in [-0.2, 0) is 19.1 Å². The normalized spacial score (nSPS) is 21.8. The van der Waals surface area contributed by atoms with E-state index in [1.807, 2.05) is 29.2 Å². The molecule has 2 saturated heterocycles. The lowest BCUT2D eigenvalue weighted by Crippen LogP contribution is -2.52. The van der Waals surface area contributed by atoms with Crippen LogP contribution in [0.25, 0.3) is 0 Å². The fourth-order valence-electron chi connectivity index (χ4n) is 3.78. The van der Waals surface area contributed by atoms with Crippen molar-refractivity contribution >= 4 is 33.7 Å². The van der Waals surface area contributed by atoms with Crippen LogP contribution in [0.15, 0.2) is 28.7 Å². The first-order valence-electron chi connectivity index (χ1n) is 10.2. The van der Waals surface area contributed by atoms with Crippen LogP contribution in [0.5, 0.6) is 5.75 Å². The van der Waals surface area contributed by atoms with E-state index in [9.17, 15) is 14.4 Å². The zero-order chi connectivity index (χ0) is 21.5. The lowest BCUT2D eigenvalue weighted by atomic mass is 9.90. The summed E-state index contributed by atoms with van der Waals surface area (Å²) in [7, 11) is 0. The van der Waals surface area contributed by atoms with Crippen molar-refractivity contribution in [2.45, 2.75) is 25.9 Å². The van der Waals surface area contributed by atoms with Gasteiger partial charge < -0.3 is 24.6 Å². The van der Waals surface area contributed by atoms with Crippen molar-refractivity contribution < 1.29 is 23.9 Å². The average molecular weight is 482 g/mol. The maximum absolute atomic E-state index is 12.9. The molecule has 1 aromatic carbocycles. The van der Waals surface area contributed by atoms with Gasteiger partial charge in [0.05, 0.1) is 19.8 Å². The first kappa shape index (κ1) is 22.6. The van der Waals surface area contributed by atoms with Crippen molar-refractivity contribution in [2.24, 2.45) is 5.92 Å². The van der Waals surface area contributed by atoms with Gasteiger partial charge in [0.25, 0.3) is 0 Å². The Morgan fingerprint density at radius 2 is 1.93 bits per heavy atom. The predicted octanol–water partition coefficient (Wildman–Crippen LogP) is 1.43. The summed E-state index contributed by atoms with van der Waals surface area (Å²) in [5.41, 5.74) is 0. The maximum Gasteiger partial charge on any atom is 0.241 e. The number of carbonyl (C=O) groups is 3. The third-order valence-electron chi connectivity index (χ3n) is 5.39. The van der Waals surface area contributed by atoms with E-state index in [-0.39, 0.29) is 36.3 Å². The van der Waals surface area contributed by atoms with Crippen molar-refractivity contribution in [1.82, 2.24) is 15.1 Å². The maximum atomic E-state index is 12.9. The number of nitrogens with one attached hydrogen (secondary N) is 1. The lowest BCUT2D eigenvalue weighted by Gasteiger charge is -2.39. The SMILES string of the molecule is CC(=O)NCC(=O)N1CC[C@H](Oc2cccc(Br)c2)[C@@H](CC(=O)N2CCOCC2)C1. The molecule has 9 heteroatoms. The highest BCUT2D eigenvalue weighted by molar-refractivity contribution is 9.10. The summed E-state index contributed by atoms with van der Waals surface area (Å²) in [4.78, 5) is 40.0. The van der Waals surface area contributed by atoms with E-state index in [0.29, 0.717) is 52.2 Å². The van der Waals surface area contributed by atoms with Crippen LogP contribution < -0.4 is 10.1 Å². The van der Waals surface area contributed by atoms with Crippen molar-refractivity contribution in [2.75, 3.05) is 45.9 Å². The number of ether oxygens (including phenoxy) is 2. The van der Waals surface area contributed by atoms with Gasteiger partial charge in [-0.2, -0.15) is 0 Å². The third-order valence-corrected chi connectivity index (χ3v) is 5.88. The number of piperidine rings is 1. The van der Waals surface area contributed by atoms with Crippen LogP contribution in [0.4, 0.5) is 0 Å². The Labute approximate surface area is 185 Å².